The summed E-state index contributed by atoms with van der Waals surface area (Å²) in [6.07, 6.45) is 0. The highest BCUT2D eigenvalue weighted by atomic mass is 16.5. The van der Waals surface area contributed by atoms with E-state index in [1.807, 2.05) is 31.2 Å². The van der Waals surface area contributed by atoms with Crippen LogP contribution >= 0.6 is 0 Å². The maximum absolute atomic E-state index is 11.6. The second-order valence-electron chi connectivity index (χ2n) is 3.75. The standard InChI is InChI=1S/C13H15N3O2/c1-3-14-13(17)12-8-11(15-16-12)9-4-6-10(18-2)7-5-9/h4-8H,3H2,1-2H3,(H,14,17)(H,15,16). The minimum absolute atomic E-state index is 0.148. The molecule has 0 aliphatic carbocycles. The smallest absolute Gasteiger partial charge is 0.269 e. The van der Waals surface area contributed by atoms with E-state index in [1.54, 1.807) is 13.2 Å². The summed E-state index contributed by atoms with van der Waals surface area (Å²) >= 11 is 0. The van der Waals surface area contributed by atoms with Gasteiger partial charge in [0.25, 0.3) is 5.91 Å². The van der Waals surface area contributed by atoms with Crippen molar-refractivity contribution < 1.29 is 9.53 Å². The zero-order valence-corrected chi connectivity index (χ0v) is 10.4. The molecule has 1 heterocycles. The average Bonchev–Trinajstić information content (AvgIpc) is 2.89. The van der Waals surface area contributed by atoms with Gasteiger partial charge in [-0.15, -0.1) is 0 Å². The zero-order chi connectivity index (χ0) is 13.0. The zero-order valence-electron chi connectivity index (χ0n) is 10.4. The molecule has 0 fully saturated rings. The van der Waals surface area contributed by atoms with Gasteiger partial charge in [0.15, 0.2) is 0 Å². The van der Waals surface area contributed by atoms with Crippen LogP contribution in [-0.2, 0) is 0 Å². The lowest BCUT2D eigenvalue weighted by atomic mass is 10.1. The highest BCUT2D eigenvalue weighted by Gasteiger charge is 2.09. The number of rotatable bonds is 4. The molecule has 0 saturated heterocycles. The SMILES string of the molecule is CCNC(=O)c1cc(-c2ccc(OC)cc2)n[nH]1. The third-order valence-electron chi connectivity index (χ3n) is 2.55. The molecule has 0 unspecified atom stereocenters. The maximum atomic E-state index is 11.6. The summed E-state index contributed by atoms with van der Waals surface area (Å²) < 4.78 is 5.09. The Labute approximate surface area is 105 Å². The van der Waals surface area contributed by atoms with Crippen molar-refractivity contribution in [1.29, 1.82) is 0 Å². The molecule has 0 aliphatic rings. The quantitative estimate of drug-likeness (QED) is 0.863. The number of nitrogens with zero attached hydrogens (tertiary/aromatic N) is 1. The number of nitrogens with one attached hydrogen (secondary N) is 2. The molecule has 0 atom stereocenters. The fourth-order valence-corrected chi connectivity index (χ4v) is 1.60. The van der Waals surface area contributed by atoms with Gasteiger partial charge in [-0.05, 0) is 37.3 Å². The molecule has 0 spiro atoms. The van der Waals surface area contributed by atoms with E-state index in [2.05, 4.69) is 15.5 Å². The van der Waals surface area contributed by atoms with Crippen LogP contribution in [0.2, 0.25) is 0 Å². The summed E-state index contributed by atoms with van der Waals surface area (Å²) in [6.45, 7) is 2.47. The molecular weight excluding hydrogens is 230 g/mol. The van der Waals surface area contributed by atoms with E-state index in [0.717, 1.165) is 17.0 Å². The molecule has 2 N–H and O–H groups in total. The van der Waals surface area contributed by atoms with Crippen LogP contribution in [0.3, 0.4) is 0 Å². The molecule has 5 nitrogen and oxygen atoms in total. The third kappa shape index (κ3) is 2.51. The fourth-order valence-electron chi connectivity index (χ4n) is 1.60. The van der Waals surface area contributed by atoms with Crippen LogP contribution in [0.5, 0.6) is 5.75 Å². The van der Waals surface area contributed by atoms with Gasteiger partial charge in [-0.1, -0.05) is 0 Å². The van der Waals surface area contributed by atoms with Crippen molar-refractivity contribution in [3.05, 3.63) is 36.0 Å². The lowest BCUT2D eigenvalue weighted by Gasteiger charge is -2.00. The number of carbonyl (C=O) groups is 1. The predicted molar refractivity (Wildman–Crippen MR) is 68.6 cm³/mol. The highest BCUT2D eigenvalue weighted by molar-refractivity contribution is 5.93. The van der Waals surface area contributed by atoms with E-state index in [4.69, 9.17) is 4.74 Å². The Balaban J connectivity index is 2.20. The Kier molecular flexibility index (Phi) is 3.62. The molecule has 5 heteroatoms. The van der Waals surface area contributed by atoms with Gasteiger partial charge in [0.2, 0.25) is 0 Å². The number of aromatic nitrogens is 2. The normalized spacial score (nSPS) is 10.1. The molecule has 1 aromatic heterocycles. The van der Waals surface area contributed by atoms with Crippen LogP contribution in [0.4, 0.5) is 0 Å². The van der Waals surface area contributed by atoms with Crippen molar-refractivity contribution in [2.24, 2.45) is 0 Å². The number of methoxy groups -OCH3 is 1. The third-order valence-corrected chi connectivity index (χ3v) is 2.55. The summed E-state index contributed by atoms with van der Waals surface area (Å²) in [5.74, 6) is 0.642. The molecular formula is C13H15N3O2. The Hall–Kier alpha value is -2.30. The van der Waals surface area contributed by atoms with Crippen LogP contribution in [0.25, 0.3) is 11.3 Å². The van der Waals surface area contributed by atoms with Gasteiger partial charge in [-0.3, -0.25) is 9.89 Å². The number of benzene rings is 1. The van der Waals surface area contributed by atoms with Gasteiger partial charge in [0, 0.05) is 12.1 Å². The van der Waals surface area contributed by atoms with Crippen molar-refractivity contribution in [2.75, 3.05) is 13.7 Å². The summed E-state index contributed by atoms with van der Waals surface area (Å²) in [6, 6.07) is 9.24. The van der Waals surface area contributed by atoms with E-state index < -0.39 is 0 Å². The largest absolute Gasteiger partial charge is 0.497 e. The van der Waals surface area contributed by atoms with Gasteiger partial charge in [-0.2, -0.15) is 5.10 Å². The van der Waals surface area contributed by atoms with Crippen molar-refractivity contribution in [3.63, 3.8) is 0 Å². The summed E-state index contributed by atoms with van der Waals surface area (Å²) in [4.78, 5) is 11.6. The first-order valence-corrected chi connectivity index (χ1v) is 5.72. The monoisotopic (exact) mass is 245 g/mol. The Morgan fingerprint density at radius 2 is 2.11 bits per heavy atom. The number of carbonyl (C=O) groups excluding carboxylic acids is 1. The lowest BCUT2D eigenvalue weighted by molar-refractivity contribution is 0.0951. The van der Waals surface area contributed by atoms with Gasteiger partial charge in [0.1, 0.15) is 11.4 Å². The topological polar surface area (TPSA) is 67.0 Å². The molecule has 94 valence electrons. The molecule has 1 amide bonds. The van der Waals surface area contributed by atoms with E-state index in [9.17, 15) is 4.79 Å². The van der Waals surface area contributed by atoms with Gasteiger partial charge in [0.05, 0.1) is 12.8 Å². The molecule has 1 aromatic carbocycles. The second-order valence-corrected chi connectivity index (χ2v) is 3.75. The van der Waals surface area contributed by atoms with E-state index in [0.29, 0.717) is 12.2 Å². The van der Waals surface area contributed by atoms with Crippen LogP contribution < -0.4 is 10.1 Å². The van der Waals surface area contributed by atoms with Gasteiger partial charge in [-0.25, -0.2) is 0 Å². The van der Waals surface area contributed by atoms with Crippen molar-refractivity contribution in [1.82, 2.24) is 15.5 Å². The fraction of sp³-hybridized carbons (Fsp3) is 0.231. The minimum atomic E-state index is -0.148. The second kappa shape index (κ2) is 5.35. The molecule has 0 bridgehead atoms. The van der Waals surface area contributed by atoms with Crippen molar-refractivity contribution >= 4 is 5.91 Å². The lowest BCUT2D eigenvalue weighted by Crippen LogP contribution is -2.22. The molecule has 0 saturated carbocycles. The maximum Gasteiger partial charge on any atom is 0.269 e. The Morgan fingerprint density at radius 3 is 2.72 bits per heavy atom. The predicted octanol–water partition coefficient (Wildman–Crippen LogP) is 1.83. The average molecular weight is 245 g/mol. The molecule has 2 rings (SSSR count). The molecule has 18 heavy (non-hydrogen) atoms. The highest BCUT2D eigenvalue weighted by Crippen LogP contribution is 2.20. The molecule has 2 aromatic rings. The number of hydrogen-bond donors (Lipinski definition) is 2. The summed E-state index contributed by atoms with van der Waals surface area (Å²) in [5.41, 5.74) is 2.13. The number of H-pyrrole nitrogens is 1. The van der Waals surface area contributed by atoms with E-state index >= 15 is 0 Å². The van der Waals surface area contributed by atoms with Crippen molar-refractivity contribution in [2.45, 2.75) is 6.92 Å². The van der Waals surface area contributed by atoms with Crippen LogP contribution in [-0.4, -0.2) is 29.8 Å². The number of amides is 1. The first-order valence-electron chi connectivity index (χ1n) is 5.72. The van der Waals surface area contributed by atoms with Gasteiger partial charge >= 0.3 is 0 Å². The number of aromatic amines is 1. The molecule has 0 aliphatic heterocycles. The van der Waals surface area contributed by atoms with Crippen LogP contribution in [0.1, 0.15) is 17.4 Å². The van der Waals surface area contributed by atoms with Crippen molar-refractivity contribution in [3.8, 4) is 17.0 Å². The Morgan fingerprint density at radius 1 is 1.39 bits per heavy atom. The summed E-state index contributed by atoms with van der Waals surface area (Å²) in [7, 11) is 1.62. The van der Waals surface area contributed by atoms with Crippen LogP contribution in [0, 0.1) is 0 Å². The molecule has 0 radical (unpaired) electrons. The first kappa shape index (κ1) is 12.2. The Bertz CT molecular complexity index is 531. The van der Waals surface area contributed by atoms with E-state index in [1.165, 1.54) is 0 Å². The summed E-state index contributed by atoms with van der Waals surface area (Å²) in [5, 5.41) is 9.56. The number of ether oxygens (including phenoxy) is 1. The van der Waals surface area contributed by atoms with Gasteiger partial charge < -0.3 is 10.1 Å². The van der Waals surface area contributed by atoms with E-state index in [-0.39, 0.29) is 5.91 Å². The minimum Gasteiger partial charge on any atom is -0.497 e. The number of hydrogen-bond acceptors (Lipinski definition) is 3. The first-order chi connectivity index (χ1) is 8.74. The van der Waals surface area contributed by atoms with Crippen LogP contribution in [0.15, 0.2) is 30.3 Å².